The van der Waals surface area contributed by atoms with Crippen LogP contribution in [0.4, 0.5) is 5.13 Å². The summed E-state index contributed by atoms with van der Waals surface area (Å²) >= 11 is 1.25. The average molecular weight is 389 g/mol. The standard InChI is InChI=1S/C19H23N3O4S/c1-11(2)16(22-17(24)15-8-6-5-7-12(15)3)18(25)26-9-14-10-27-19(21-14)20-13(4)23/h5-8,10-11,16H,9H2,1-4H3,(H,22,24)(H,20,21,23)/t16-/m0/s1. The fraction of sp³-hybridized carbons (Fsp3) is 0.368. The maximum absolute atomic E-state index is 12.5. The van der Waals surface area contributed by atoms with Crippen LogP contribution in [-0.2, 0) is 20.9 Å². The zero-order chi connectivity index (χ0) is 20.0. The van der Waals surface area contributed by atoms with Crippen LogP contribution in [0, 0.1) is 12.8 Å². The summed E-state index contributed by atoms with van der Waals surface area (Å²) in [6, 6.07) is 6.41. The smallest absolute Gasteiger partial charge is 0.329 e. The van der Waals surface area contributed by atoms with Gasteiger partial charge in [0, 0.05) is 17.9 Å². The van der Waals surface area contributed by atoms with Gasteiger partial charge in [-0.15, -0.1) is 11.3 Å². The molecule has 2 rings (SSSR count). The molecule has 0 fully saturated rings. The number of ether oxygens (including phenoxy) is 1. The van der Waals surface area contributed by atoms with Crippen LogP contribution in [-0.4, -0.2) is 28.8 Å². The molecule has 0 radical (unpaired) electrons. The molecule has 27 heavy (non-hydrogen) atoms. The number of hydrogen-bond donors (Lipinski definition) is 2. The lowest BCUT2D eigenvalue weighted by atomic mass is 10.0. The van der Waals surface area contributed by atoms with Crippen molar-refractivity contribution in [1.82, 2.24) is 10.3 Å². The molecule has 0 saturated carbocycles. The van der Waals surface area contributed by atoms with Gasteiger partial charge >= 0.3 is 5.97 Å². The number of nitrogens with one attached hydrogen (secondary N) is 2. The predicted octanol–water partition coefficient (Wildman–Crippen LogP) is 2.91. The number of benzene rings is 1. The monoisotopic (exact) mass is 389 g/mol. The molecule has 8 heteroatoms. The molecule has 7 nitrogen and oxygen atoms in total. The number of thiazole rings is 1. The second kappa shape index (κ2) is 9.27. The third-order valence-electron chi connectivity index (χ3n) is 3.79. The Hall–Kier alpha value is -2.74. The predicted molar refractivity (Wildman–Crippen MR) is 103 cm³/mol. The zero-order valence-corrected chi connectivity index (χ0v) is 16.6. The fourth-order valence-electron chi connectivity index (χ4n) is 2.36. The van der Waals surface area contributed by atoms with Crippen molar-refractivity contribution in [1.29, 1.82) is 0 Å². The van der Waals surface area contributed by atoms with E-state index in [1.54, 1.807) is 17.5 Å². The molecule has 2 aromatic rings. The molecule has 2 amide bonds. The number of anilines is 1. The molecule has 1 aromatic carbocycles. The third-order valence-corrected chi connectivity index (χ3v) is 4.60. The SMILES string of the molecule is CC(=O)Nc1nc(COC(=O)[C@@H](NC(=O)c2ccccc2C)C(C)C)cs1. The van der Waals surface area contributed by atoms with Gasteiger partial charge in [0.05, 0.1) is 5.69 Å². The quantitative estimate of drug-likeness (QED) is 0.710. The van der Waals surface area contributed by atoms with Gasteiger partial charge in [-0.1, -0.05) is 32.0 Å². The lowest BCUT2D eigenvalue weighted by molar-refractivity contribution is -0.148. The second-order valence-corrected chi connectivity index (χ2v) is 7.30. The first kappa shape index (κ1) is 20.6. The van der Waals surface area contributed by atoms with E-state index in [4.69, 9.17) is 4.74 Å². The van der Waals surface area contributed by atoms with Gasteiger partial charge in [-0.2, -0.15) is 0 Å². The van der Waals surface area contributed by atoms with Crippen LogP contribution in [0.25, 0.3) is 0 Å². The van der Waals surface area contributed by atoms with Crippen molar-refractivity contribution in [2.45, 2.75) is 40.3 Å². The topological polar surface area (TPSA) is 97.4 Å². The minimum absolute atomic E-state index is 0.0294. The van der Waals surface area contributed by atoms with E-state index in [0.29, 0.717) is 16.4 Å². The van der Waals surface area contributed by atoms with Gasteiger partial charge in [0.15, 0.2) is 5.13 Å². The number of esters is 1. The lowest BCUT2D eigenvalue weighted by Crippen LogP contribution is -2.45. The van der Waals surface area contributed by atoms with Crippen molar-refractivity contribution >= 4 is 34.3 Å². The van der Waals surface area contributed by atoms with Crippen molar-refractivity contribution in [3.8, 4) is 0 Å². The molecule has 1 atom stereocenters. The number of hydrogen-bond acceptors (Lipinski definition) is 6. The molecule has 1 heterocycles. The highest BCUT2D eigenvalue weighted by molar-refractivity contribution is 7.13. The maximum atomic E-state index is 12.5. The zero-order valence-electron chi connectivity index (χ0n) is 15.7. The van der Waals surface area contributed by atoms with Gasteiger partial charge in [-0.05, 0) is 24.5 Å². The first-order valence-corrected chi connectivity index (χ1v) is 9.41. The Bertz CT molecular complexity index is 832. The van der Waals surface area contributed by atoms with Crippen LogP contribution < -0.4 is 10.6 Å². The molecule has 2 N–H and O–H groups in total. The number of carbonyl (C=O) groups is 3. The first-order chi connectivity index (χ1) is 12.8. The van der Waals surface area contributed by atoms with Crippen molar-refractivity contribution in [2.24, 2.45) is 5.92 Å². The molecule has 0 bridgehead atoms. The van der Waals surface area contributed by atoms with Crippen molar-refractivity contribution in [3.05, 3.63) is 46.5 Å². The van der Waals surface area contributed by atoms with E-state index in [2.05, 4.69) is 15.6 Å². The molecule has 1 aromatic heterocycles. The lowest BCUT2D eigenvalue weighted by Gasteiger charge is -2.21. The molecular weight excluding hydrogens is 366 g/mol. The molecule has 144 valence electrons. The summed E-state index contributed by atoms with van der Waals surface area (Å²) in [5.41, 5.74) is 1.89. The Labute approximate surface area is 162 Å². The van der Waals surface area contributed by atoms with Crippen LogP contribution in [0.2, 0.25) is 0 Å². The van der Waals surface area contributed by atoms with E-state index in [1.165, 1.54) is 18.3 Å². The van der Waals surface area contributed by atoms with Crippen molar-refractivity contribution in [2.75, 3.05) is 5.32 Å². The van der Waals surface area contributed by atoms with E-state index < -0.39 is 12.0 Å². The minimum Gasteiger partial charge on any atom is -0.458 e. The van der Waals surface area contributed by atoms with Gasteiger partial charge in [-0.3, -0.25) is 9.59 Å². The Morgan fingerprint density at radius 1 is 1.22 bits per heavy atom. The average Bonchev–Trinajstić information content (AvgIpc) is 3.04. The summed E-state index contributed by atoms with van der Waals surface area (Å²) in [6.45, 7) is 6.87. The Balaban J connectivity index is 1.98. The Morgan fingerprint density at radius 2 is 1.93 bits per heavy atom. The number of aromatic nitrogens is 1. The summed E-state index contributed by atoms with van der Waals surface area (Å²) < 4.78 is 5.31. The number of nitrogens with zero attached hydrogens (tertiary/aromatic N) is 1. The summed E-state index contributed by atoms with van der Waals surface area (Å²) in [5.74, 6) is -1.20. The number of amides is 2. The third kappa shape index (κ3) is 5.89. The summed E-state index contributed by atoms with van der Waals surface area (Å²) in [5, 5.41) is 7.48. The molecule has 0 aliphatic carbocycles. The van der Waals surface area contributed by atoms with Crippen LogP contribution >= 0.6 is 11.3 Å². The molecule has 0 aliphatic rings. The van der Waals surface area contributed by atoms with Gasteiger partial charge in [0.25, 0.3) is 5.91 Å². The second-order valence-electron chi connectivity index (χ2n) is 6.44. The van der Waals surface area contributed by atoms with Gasteiger partial charge in [0.1, 0.15) is 12.6 Å². The molecule has 0 unspecified atom stereocenters. The Kier molecular flexibility index (Phi) is 7.06. The summed E-state index contributed by atoms with van der Waals surface area (Å²) in [6.07, 6.45) is 0. The van der Waals surface area contributed by atoms with Gasteiger partial charge < -0.3 is 15.4 Å². The normalized spacial score (nSPS) is 11.7. The highest BCUT2D eigenvalue weighted by Crippen LogP contribution is 2.17. The van der Waals surface area contributed by atoms with E-state index in [1.807, 2.05) is 32.9 Å². The number of aryl methyl sites for hydroxylation is 1. The van der Waals surface area contributed by atoms with Gasteiger partial charge in [0.2, 0.25) is 5.91 Å². The molecular formula is C19H23N3O4S. The molecule has 0 saturated heterocycles. The summed E-state index contributed by atoms with van der Waals surface area (Å²) in [4.78, 5) is 40.2. The van der Waals surface area contributed by atoms with Gasteiger partial charge in [-0.25, -0.2) is 9.78 Å². The molecule has 0 spiro atoms. The van der Waals surface area contributed by atoms with Crippen molar-refractivity contribution < 1.29 is 19.1 Å². The van der Waals surface area contributed by atoms with Crippen LogP contribution in [0.15, 0.2) is 29.6 Å². The van der Waals surface area contributed by atoms with Crippen LogP contribution in [0.1, 0.15) is 42.4 Å². The minimum atomic E-state index is -0.773. The van der Waals surface area contributed by atoms with E-state index in [-0.39, 0.29) is 24.3 Å². The number of rotatable bonds is 7. The molecule has 0 aliphatic heterocycles. The van der Waals surface area contributed by atoms with E-state index in [0.717, 1.165) is 5.56 Å². The summed E-state index contributed by atoms with van der Waals surface area (Å²) in [7, 11) is 0. The first-order valence-electron chi connectivity index (χ1n) is 8.53. The van der Waals surface area contributed by atoms with Crippen LogP contribution in [0.5, 0.6) is 0 Å². The highest BCUT2D eigenvalue weighted by atomic mass is 32.1. The fourth-order valence-corrected chi connectivity index (χ4v) is 3.10. The largest absolute Gasteiger partial charge is 0.458 e. The Morgan fingerprint density at radius 3 is 2.56 bits per heavy atom. The van der Waals surface area contributed by atoms with Crippen LogP contribution in [0.3, 0.4) is 0 Å². The van der Waals surface area contributed by atoms with E-state index in [9.17, 15) is 14.4 Å². The number of carbonyl (C=O) groups excluding carboxylic acids is 3. The van der Waals surface area contributed by atoms with E-state index >= 15 is 0 Å². The van der Waals surface area contributed by atoms with Crippen molar-refractivity contribution in [3.63, 3.8) is 0 Å². The highest BCUT2D eigenvalue weighted by Gasteiger charge is 2.26. The maximum Gasteiger partial charge on any atom is 0.329 e.